The molecule has 8 nitrogen and oxygen atoms in total. The summed E-state index contributed by atoms with van der Waals surface area (Å²) in [5, 5.41) is 11.7. The van der Waals surface area contributed by atoms with Crippen LogP contribution in [0.15, 0.2) is 24.3 Å². The van der Waals surface area contributed by atoms with E-state index in [9.17, 15) is 19.5 Å². The third-order valence-corrected chi connectivity index (χ3v) is 12.3. The Kier molecular flexibility index (Phi) is 44.7. The summed E-state index contributed by atoms with van der Waals surface area (Å²) in [6.45, 7) is 4.69. The van der Waals surface area contributed by atoms with Crippen LogP contribution in [-0.2, 0) is 28.6 Å². The van der Waals surface area contributed by atoms with Crippen molar-refractivity contribution in [1.29, 1.82) is 0 Å². The number of likely N-dealkylation sites (N-methyl/N-ethyl adjacent to an activating group) is 1. The number of carbonyl (C=O) groups is 3. The number of rotatable bonds is 49. The highest BCUT2D eigenvalue weighted by atomic mass is 16.6. The molecule has 370 valence electrons. The highest BCUT2D eigenvalue weighted by molar-refractivity contribution is 5.70. The third kappa shape index (κ3) is 44.8. The van der Waals surface area contributed by atoms with E-state index in [2.05, 4.69) is 38.2 Å². The molecule has 0 saturated carbocycles. The van der Waals surface area contributed by atoms with E-state index in [-0.39, 0.29) is 42.7 Å². The van der Waals surface area contributed by atoms with Gasteiger partial charge in [0, 0.05) is 19.3 Å². The average molecular weight is 890 g/mol. The summed E-state index contributed by atoms with van der Waals surface area (Å²) >= 11 is 0. The fraction of sp³-hybridized carbons (Fsp3) is 0.873. The van der Waals surface area contributed by atoms with E-state index < -0.39 is 18.1 Å². The van der Waals surface area contributed by atoms with E-state index in [0.717, 1.165) is 38.5 Å². The number of ether oxygens (including phenoxy) is 3. The number of allylic oxidation sites excluding steroid dienone is 4. The number of unbranched alkanes of at least 4 members (excludes halogenated alkanes) is 31. The highest BCUT2D eigenvalue weighted by Gasteiger charge is 2.25. The van der Waals surface area contributed by atoms with Gasteiger partial charge in [-0.05, 0) is 64.2 Å². The zero-order chi connectivity index (χ0) is 46.3. The van der Waals surface area contributed by atoms with Gasteiger partial charge in [0.25, 0.3) is 0 Å². The van der Waals surface area contributed by atoms with E-state index >= 15 is 0 Å². The van der Waals surface area contributed by atoms with Gasteiger partial charge in [-0.1, -0.05) is 199 Å². The number of carbonyl (C=O) groups excluding carboxylic acids is 3. The second kappa shape index (κ2) is 46.3. The first-order valence-corrected chi connectivity index (χ1v) is 26.9. The summed E-state index contributed by atoms with van der Waals surface area (Å²) in [5.41, 5.74) is 0. The monoisotopic (exact) mass is 890 g/mol. The first kappa shape index (κ1) is 60.8. The van der Waals surface area contributed by atoms with Gasteiger partial charge in [-0.2, -0.15) is 0 Å². The highest BCUT2D eigenvalue weighted by Crippen LogP contribution is 2.16. The minimum atomic E-state index is -1.12. The molecule has 0 saturated heterocycles. The fourth-order valence-corrected chi connectivity index (χ4v) is 8.12. The molecule has 0 rings (SSSR count). The fourth-order valence-electron chi connectivity index (χ4n) is 8.12. The lowest BCUT2D eigenvalue weighted by molar-refractivity contribution is -0.889. The van der Waals surface area contributed by atoms with E-state index in [1.807, 2.05) is 21.1 Å². The Morgan fingerprint density at radius 3 is 1.14 bits per heavy atom. The van der Waals surface area contributed by atoms with Crippen LogP contribution in [0.2, 0.25) is 0 Å². The van der Waals surface area contributed by atoms with E-state index in [0.29, 0.717) is 12.8 Å². The maximum absolute atomic E-state index is 12.8. The first-order valence-electron chi connectivity index (χ1n) is 26.9. The maximum atomic E-state index is 12.8. The van der Waals surface area contributed by atoms with Gasteiger partial charge < -0.3 is 28.6 Å². The van der Waals surface area contributed by atoms with Crippen LogP contribution in [0.25, 0.3) is 0 Å². The maximum Gasteiger partial charge on any atom is 0.306 e. The Morgan fingerprint density at radius 2 is 0.794 bits per heavy atom. The lowest BCUT2D eigenvalue weighted by Gasteiger charge is -2.34. The van der Waals surface area contributed by atoms with Gasteiger partial charge in [-0.25, -0.2) is 0 Å². The van der Waals surface area contributed by atoms with Crippen molar-refractivity contribution >= 4 is 17.9 Å². The number of nitrogens with zero attached hydrogens (tertiary/aromatic N) is 1. The van der Waals surface area contributed by atoms with Crippen LogP contribution in [-0.4, -0.2) is 75.5 Å². The van der Waals surface area contributed by atoms with Crippen LogP contribution in [0.4, 0.5) is 0 Å². The number of quaternary nitrogens is 1. The molecule has 63 heavy (non-hydrogen) atoms. The minimum absolute atomic E-state index is 0.0422. The molecule has 0 aliphatic carbocycles. The second-order valence-corrected chi connectivity index (χ2v) is 19.5. The number of hydrogen-bond donors (Lipinski definition) is 0. The molecule has 0 heterocycles. The Morgan fingerprint density at radius 1 is 0.460 bits per heavy atom. The van der Waals surface area contributed by atoms with Crippen LogP contribution < -0.4 is 5.11 Å². The molecule has 0 aliphatic rings. The minimum Gasteiger partial charge on any atom is -0.544 e. The molecule has 0 fully saturated rings. The molecule has 0 aromatic rings. The summed E-state index contributed by atoms with van der Waals surface area (Å²) in [6.07, 6.45) is 53.5. The molecule has 0 N–H and O–H groups in total. The molecule has 0 aromatic heterocycles. The molecule has 0 aliphatic heterocycles. The summed E-state index contributed by atoms with van der Waals surface area (Å²) in [5.74, 6) is -1.73. The zero-order valence-electron chi connectivity index (χ0n) is 42.3. The van der Waals surface area contributed by atoms with Crippen molar-refractivity contribution in [2.45, 2.75) is 270 Å². The average Bonchev–Trinajstić information content (AvgIpc) is 3.24. The molecule has 0 amide bonds. The Balaban J connectivity index is 4.21. The molecule has 2 unspecified atom stereocenters. The predicted octanol–water partition coefficient (Wildman–Crippen LogP) is 14.3. The lowest BCUT2D eigenvalue weighted by atomic mass is 10.1. The van der Waals surface area contributed by atoms with E-state index in [1.165, 1.54) is 186 Å². The smallest absolute Gasteiger partial charge is 0.306 e. The molecule has 2 atom stereocenters. The summed E-state index contributed by atoms with van der Waals surface area (Å²) in [6, 6.07) is -0.725. The van der Waals surface area contributed by atoms with Gasteiger partial charge >= 0.3 is 11.9 Å². The van der Waals surface area contributed by atoms with Crippen LogP contribution in [0.3, 0.4) is 0 Å². The van der Waals surface area contributed by atoms with Crippen LogP contribution >= 0.6 is 0 Å². The molecular formula is C55H103NO7. The topological polar surface area (TPSA) is 102 Å². The Labute approximate surface area is 390 Å². The molecule has 0 spiro atoms. The molecule has 0 radical (unpaired) electrons. The van der Waals surface area contributed by atoms with Gasteiger partial charge in [0.05, 0.1) is 40.3 Å². The van der Waals surface area contributed by atoms with Crippen LogP contribution in [0.5, 0.6) is 0 Å². The number of aliphatic carboxylic acids is 1. The Bertz CT molecular complexity index is 1080. The van der Waals surface area contributed by atoms with Crippen molar-refractivity contribution in [3.63, 3.8) is 0 Å². The largest absolute Gasteiger partial charge is 0.544 e. The molecule has 0 bridgehead atoms. The Hall–Kier alpha value is -2.19. The van der Waals surface area contributed by atoms with Crippen molar-refractivity contribution in [3.8, 4) is 0 Å². The van der Waals surface area contributed by atoms with Crippen LogP contribution in [0.1, 0.15) is 258 Å². The van der Waals surface area contributed by atoms with Crippen LogP contribution in [0, 0.1) is 0 Å². The quantitative estimate of drug-likeness (QED) is 0.0259. The van der Waals surface area contributed by atoms with Crippen molar-refractivity contribution < 1.29 is 38.2 Å². The lowest BCUT2D eigenvalue weighted by Crippen LogP contribution is -2.55. The molecular weight excluding hydrogens is 787 g/mol. The molecule has 8 heteroatoms. The standard InChI is InChI=1S/C55H103NO7/c1-6-8-10-12-14-16-18-20-22-24-26-27-28-30-32-34-36-38-40-42-44-46-54(58)63-51(49-61-48-47-52(55(59)60)56(3,4)5)50-62-53(57)45-43-41-39-37-35-33-31-29-25-23-21-19-17-15-13-11-9-7-2/h23-26,51-52H,6-22,27-50H2,1-5H3/b25-23-,26-24-. The van der Waals surface area contributed by atoms with E-state index in [1.54, 1.807) is 0 Å². The van der Waals surface area contributed by atoms with Gasteiger partial charge in [0.1, 0.15) is 12.6 Å². The van der Waals surface area contributed by atoms with Crippen molar-refractivity contribution in [2.24, 2.45) is 0 Å². The van der Waals surface area contributed by atoms with E-state index in [4.69, 9.17) is 14.2 Å². The zero-order valence-corrected chi connectivity index (χ0v) is 42.3. The number of hydrogen-bond acceptors (Lipinski definition) is 7. The van der Waals surface area contributed by atoms with Gasteiger partial charge in [-0.3, -0.25) is 9.59 Å². The SMILES string of the molecule is CCCCCCCCC/C=C\CCCCCCCCCC(=O)OCC(COCCC(C(=O)[O-])[N+](C)(C)C)OC(=O)CCCCCCCCCCC/C=C\CCCCCCCCCC. The predicted molar refractivity (Wildman–Crippen MR) is 264 cm³/mol. The second-order valence-electron chi connectivity index (χ2n) is 19.5. The summed E-state index contributed by atoms with van der Waals surface area (Å²) in [7, 11) is 5.42. The van der Waals surface area contributed by atoms with Gasteiger partial charge in [0.2, 0.25) is 0 Å². The van der Waals surface area contributed by atoms with Gasteiger partial charge in [0.15, 0.2) is 6.10 Å². The summed E-state index contributed by atoms with van der Waals surface area (Å²) in [4.78, 5) is 37.1. The molecule has 0 aromatic carbocycles. The summed E-state index contributed by atoms with van der Waals surface area (Å²) < 4.78 is 17.3. The van der Waals surface area contributed by atoms with Crippen molar-refractivity contribution in [1.82, 2.24) is 0 Å². The van der Waals surface area contributed by atoms with Gasteiger partial charge in [-0.15, -0.1) is 0 Å². The third-order valence-electron chi connectivity index (χ3n) is 12.3. The first-order chi connectivity index (χ1) is 30.6. The van der Waals surface area contributed by atoms with Crippen molar-refractivity contribution in [3.05, 3.63) is 24.3 Å². The number of carboxylic acid groups (broad SMARTS) is 1. The normalized spacial score (nSPS) is 13.0. The number of esters is 2. The van der Waals surface area contributed by atoms with Crippen molar-refractivity contribution in [2.75, 3.05) is 41.0 Å². The number of carboxylic acids is 1.